The maximum atomic E-state index is 4.45. The van der Waals surface area contributed by atoms with Crippen LogP contribution in [0.4, 0.5) is 0 Å². The minimum absolute atomic E-state index is 0. The van der Waals surface area contributed by atoms with Crippen LogP contribution in [0.5, 0.6) is 0 Å². The minimum atomic E-state index is 0. The molecule has 1 aromatic heterocycles. The first kappa shape index (κ1) is 20.3. The van der Waals surface area contributed by atoms with E-state index in [1.807, 2.05) is 13.2 Å². The second kappa shape index (κ2) is 10.2. The predicted molar refractivity (Wildman–Crippen MR) is 107 cm³/mol. The molecule has 23 heavy (non-hydrogen) atoms. The molecule has 0 saturated heterocycles. The van der Waals surface area contributed by atoms with Crippen LogP contribution < -0.4 is 10.6 Å². The molecule has 0 atom stereocenters. The first-order valence-corrected chi connectivity index (χ1v) is 8.55. The third kappa shape index (κ3) is 6.69. The van der Waals surface area contributed by atoms with Crippen LogP contribution in [0.2, 0.25) is 0 Å². The third-order valence-electron chi connectivity index (χ3n) is 4.36. The van der Waals surface area contributed by atoms with Gasteiger partial charge in [0.05, 0.1) is 6.54 Å². The van der Waals surface area contributed by atoms with E-state index in [4.69, 9.17) is 0 Å². The molecular formula is C17H32IN5. The molecule has 0 amide bonds. The zero-order chi connectivity index (χ0) is 15.9. The highest BCUT2D eigenvalue weighted by molar-refractivity contribution is 14.0. The molecule has 132 valence electrons. The number of guanidine groups is 1. The van der Waals surface area contributed by atoms with Crippen LogP contribution in [-0.2, 0) is 13.1 Å². The van der Waals surface area contributed by atoms with E-state index in [2.05, 4.69) is 52.1 Å². The number of hydrogen-bond donors (Lipinski definition) is 2. The number of aliphatic imine (C=N–C) groups is 1. The van der Waals surface area contributed by atoms with Crippen molar-refractivity contribution in [1.29, 1.82) is 0 Å². The molecule has 2 N–H and O–H groups in total. The van der Waals surface area contributed by atoms with Gasteiger partial charge in [0, 0.05) is 32.0 Å². The Hall–Kier alpha value is -0.790. The van der Waals surface area contributed by atoms with Gasteiger partial charge >= 0.3 is 0 Å². The van der Waals surface area contributed by atoms with E-state index in [9.17, 15) is 0 Å². The van der Waals surface area contributed by atoms with Gasteiger partial charge in [0.15, 0.2) is 5.96 Å². The van der Waals surface area contributed by atoms with E-state index in [1.54, 1.807) is 0 Å². The van der Waals surface area contributed by atoms with Gasteiger partial charge in [-0.25, -0.2) is 4.98 Å². The Morgan fingerprint density at radius 3 is 2.65 bits per heavy atom. The van der Waals surface area contributed by atoms with Crippen LogP contribution in [0, 0.1) is 11.8 Å². The van der Waals surface area contributed by atoms with E-state index in [-0.39, 0.29) is 24.0 Å². The number of hydrogen-bond acceptors (Lipinski definition) is 2. The zero-order valence-electron chi connectivity index (χ0n) is 14.9. The molecule has 0 unspecified atom stereocenters. The fourth-order valence-corrected chi connectivity index (χ4v) is 3.02. The molecule has 1 aromatic rings. The maximum Gasteiger partial charge on any atom is 0.191 e. The van der Waals surface area contributed by atoms with Gasteiger partial charge in [0.1, 0.15) is 5.82 Å². The van der Waals surface area contributed by atoms with Crippen molar-refractivity contribution < 1.29 is 0 Å². The lowest BCUT2D eigenvalue weighted by atomic mass is 9.87. The molecule has 0 bridgehead atoms. The first-order chi connectivity index (χ1) is 10.6. The van der Waals surface area contributed by atoms with Crippen molar-refractivity contribution in [3.63, 3.8) is 0 Å². The number of nitrogens with one attached hydrogen (secondary N) is 2. The SMILES string of the molecule is CN=C(NCc1nccn1CC(C)C)NC1CCC(C)CC1.I. The van der Waals surface area contributed by atoms with Crippen LogP contribution in [0.25, 0.3) is 0 Å². The van der Waals surface area contributed by atoms with E-state index < -0.39 is 0 Å². The second-order valence-electron chi connectivity index (χ2n) is 6.92. The quantitative estimate of drug-likeness (QED) is 0.425. The fraction of sp³-hybridized carbons (Fsp3) is 0.765. The Kier molecular flexibility index (Phi) is 8.94. The number of nitrogens with zero attached hydrogens (tertiary/aromatic N) is 3. The van der Waals surface area contributed by atoms with Gasteiger partial charge in [-0.1, -0.05) is 20.8 Å². The molecule has 1 heterocycles. The normalized spacial score (nSPS) is 21.9. The number of imidazole rings is 1. The molecule has 0 aromatic carbocycles. The third-order valence-corrected chi connectivity index (χ3v) is 4.36. The number of rotatable bonds is 5. The van der Waals surface area contributed by atoms with Crippen LogP contribution in [0.3, 0.4) is 0 Å². The summed E-state index contributed by atoms with van der Waals surface area (Å²) < 4.78 is 2.22. The van der Waals surface area contributed by atoms with Crippen LogP contribution in [0.1, 0.15) is 52.3 Å². The van der Waals surface area contributed by atoms with Gasteiger partial charge in [-0.05, 0) is 37.5 Å². The summed E-state index contributed by atoms with van der Waals surface area (Å²) in [5.41, 5.74) is 0. The predicted octanol–water partition coefficient (Wildman–Crippen LogP) is 3.40. The summed E-state index contributed by atoms with van der Waals surface area (Å²) >= 11 is 0. The Balaban J connectivity index is 0.00000264. The monoisotopic (exact) mass is 433 g/mol. The molecule has 5 nitrogen and oxygen atoms in total. The van der Waals surface area contributed by atoms with E-state index >= 15 is 0 Å². The highest BCUT2D eigenvalue weighted by atomic mass is 127. The van der Waals surface area contributed by atoms with Gasteiger partial charge in [-0.2, -0.15) is 0 Å². The van der Waals surface area contributed by atoms with Crippen molar-refractivity contribution in [2.24, 2.45) is 16.8 Å². The lowest BCUT2D eigenvalue weighted by Crippen LogP contribution is -2.44. The summed E-state index contributed by atoms with van der Waals surface area (Å²) in [5.74, 6) is 3.44. The lowest BCUT2D eigenvalue weighted by Gasteiger charge is -2.28. The van der Waals surface area contributed by atoms with Crippen molar-refractivity contribution >= 4 is 29.9 Å². The molecular weight excluding hydrogens is 401 g/mol. The Morgan fingerprint density at radius 2 is 2.04 bits per heavy atom. The van der Waals surface area contributed by atoms with Crippen molar-refractivity contribution in [3.8, 4) is 0 Å². The van der Waals surface area contributed by atoms with E-state index in [1.165, 1.54) is 25.7 Å². The molecule has 0 spiro atoms. The molecule has 2 rings (SSSR count). The van der Waals surface area contributed by atoms with Gasteiger partial charge in [0.2, 0.25) is 0 Å². The van der Waals surface area contributed by atoms with Crippen LogP contribution in [0.15, 0.2) is 17.4 Å². The van der Waals surface area contributed by atoms with Crippen molar-refractivity contribution in [3.05, 3.63) is 18.2 Å². The summed E-state index contributed by atoms with van der Waals surface area (Å²) in [6.45, 7) is 8.51. The first-order valence-electron chi connectivity index (χ1n) is 8.55. The summed E-state index contributed by atoms with van der Waals surface area (Å²) in [4.78, 5) is 8.80. The van der Waals surface area contributed by atoms with Gasteiger partial charge in [0.25, 0.3) is 0 Å². The Labute approximate surface area is 157 Å². The average Bonchev–Trinajstić information content (AvgIpc) is 2.92. The average molecular weight is 433 g/mol. The van der Waals surface area contributed by atoms with Crippen molar-refractivity contribution in [2.45, 2.75) is 65.6 Å². The second-order valence-corrected chi connectivity index (χ2v) is 6.92. The number of halogens is 1. The van der Waals surface area contributed by atoms with E-state index in [0.29, 0.717) is 18.5 Å². The summed E-state index contributed by atoms with van der Waals surface area (Å²) in [7, 11) is 1.83. The van der Waals surface area contributed by atoms with Gasteiger partial charge in [-0.15, -0.1) is 24.0 Å². The number of aromatic nitrogens is 2. The summed E-state index contributed by atoms with van der Waals surface area (Å²) in [5, 5.41) is 6.95. The van der Waals surface area contributed by atoms with Crippen LogP contribution >= 0.6 is 24.0 Å². The molecule has 6 heteroatoms. The standard InChI is InChI=1S/C17H31N5.HI/c1-13(2)12-22-10-9-19-16(22)11-20-17(18-4)21-15-7-5-14(3)6-8-15;/h9-10,13-15H,5-8,11-12H2,1-4H3,(H2,18,20,21);1H. The maximum absolute atomic E-state index is 4.45. The topological polar surface area (TPSA) is 54.2 Å². The Morgan fingerprint density at radius 1 is 1.35 bits per heavy atom. The van der Waals surface area contributed by atoms with Crippen LogP contribution in [-0.4, -0.2) is 28.6 Å². The Bertz CT molecular complexity index is 475. The van der Waals surface area contributed by atoms with Gasteiger partial charge in [-0.3, -0.25) is 4.99 Å². The smallest absolute Gasteiger partial charge is 0.191 e. The van der Waals surface area contributed by atoms with E-state index in [0.717, 1.165) is 24.2 Å². The fourth-order valence-electron chi connectivity index (χ4n) is 3.02. The lowest BCUT2D eigenvalue weighted by molar-refractivity contribution is 0.329. The molecule has 0 radical (unpaired) electrons. The van der Waals surface area contributed by atoms with Crippen molar-refractivity contribution in [1.82, 2.24) is 20.2 Å². The molecule has 1 saturated carbocycles. The zero-order valence-corrected chi connectivity index (χ0v) is 17.2. The molecule has 1 aliphatic carbocycles. The molecule has 1 aliphatic rings. The van der Waals surface area contributed by atoms with Gasteiger partial charge < -0.3 is 15.2 Å². The largest absolute Gasteiger partial charge is 0.354 e. The summed E-state index contributed by atoms with van der Waals surface area (Å²) in [6.07, 6.45) is 9.03. The molecule has 0 aliphatic heterocycles. The highest BCUT2D eigenvalue weighted by Gasteiger charge is 2.19. The summed E-state index contributed by atoms with van der Waals surface area (Å²) in [6, 6.07) is 0.554. The molecule has 1 fully saturated rings. The minimum Gasteiger partial charge on any atom is -0.354 e. The van der Waals surface area contributed by atoms with Crippen molar-refractivity contribution in [2.75, 3.05) is 7.05 Å². The highest BCUT2D eigenvalue weighted by Crippen LogP contribution is 2.23.